The summed E-state index contributed by atoms with van der Waals surface area (Å²) in [7, 11) is 0.00841. The first-order valence-corrected chi connectivity index (χ1v) is 10.3. The number of benzene rings is 2. The van der Waals surface area contributed by atoms with Gasteiger partial charge in [-0.3, -0.25) is 0 Å². The molecule has 0 bridgehead atoms. The van der Waals surface area contributed by atoms with Crippen LogP contribution in [0.2, 0.25) is 0 Å². The number of hydrogen-bond acceptors (Lipinski definition) is 1. The molecule has 2 aromatic carbocycles. The molecule has 1 aliphatic heterocycles. The molecule has 128 valence electrons. The Morgan fingerprint density at radius 2 is 1.12 bits per heavy atom. The standard InChI is InChI=1S/C22H28OS/c1-11-12(2)14(4)20-18(13(11)3)10-19-17(7)22(24(8)9)16(6)15(5)21(19)23-20/h8,10H2,1-7,9H3. The average molecular weight is 341 g/mol. The van der Waals surface area contributed by atoms with Gasteiger partial charge in [0.25, 0.3) is 0 Å². The number of rotatable bonds is 1. The van der Waals surface area contributed by atoms with Crippen LogP contribution in [0.15, 0.2) is 4.90 Å². The molecule has 0 fully saturated rings. The van der Waals surface area contributed by atoms with Gasteiger partial charge in [0.1, 0.15) is 11.5 Å². The van der Waals surface area contributed by atoms with Crippen molar-refractivity contribution in [2.24, 2.45) is 0 Å². The van der Waals surface area contributed by atoms with E-state index in [9.17, 15) is 0 Å². The van der Waals surface area contributed by atoms with Gasteiger partial charge in [0.05, 0.1) is 0 Å². The average Bonchev–Trinajstić information content (AvgIpc) is 2.54. The highest BCUT2D eigenvalue weighted by atomic mass is 32.2. The fraction of sp³-hybridized carbons (Fsp3) is 0.409. The lowest BCUT2D eigenvalue weighted by molar-refractivity contribution is 0.449. The topological polar surface area (TPSA) is 9.23 Å². The van der Waals surface area contributed by atoms with E-state index in [2.05, 4.69) is 60.6 Å². The second kappa shape index (κ2) is 5.77. The normalized spacial score (nSPS) is 14.0. The summed E-state index contributed by atoms with van der Waals surface area (Å²) in [6.45, 7) is 15.5. The first kappa shape index (κ1) is 17.3. The summed E-state index contributed by atoms with van der Waals surface area (Å²) in [6, 6.07) is 0. The molecule has 24 heavy (non-hydrogen) atoms. The van der Waals surface area contributed by atoms with E-state index in [0.717, 1.165) is 17.9 Å². The van der Waals surface area contributed by atoms with Gasteiger partial charge < -0.3 is 4.74 Å². The molecule has 0 aliphatic carbocycles. The van der Waals surface area contributed by atoms with Gasteiger partial charge in [-0.2, -0.15) is 10.5 Å². The van der Waals surface area contributed by atoms with Gasteiger partial charge in [-0.15, -0.1) is 0 Å². The van der Waals surface area contributed by atoms with E-state index in [0.29, 0.717) is 0 Å². The molecule has 2 heteroatoms. The van der Waals surface area contributed by atoms with Gasteiger partial charge in [0, 0.05) is 22.4 Å². The van der Waals surface area contributed by atoms with E-state index < -0.39 is 0 Å². The third-order valence-corrected chi connectivity index (χ3v) is 7.28. The Morgan fingerprint density at radius 1 is 0.667 bits per heavy atom. The minimum Gasteiger partial charge on any atom is -0.456 e. The Morgan fingerprint density at radius 3 is 1.67 bits per heavy atom. The number of ether oxygens (including phenoxy) is 1. The Bertz CT molecular complexity index is 904. The van der Waals surface area contributed by atoms with E-state index in [1.165, 1.54) is 55.0 Å². The zero-order valence-corrected chi connectivity index (χ0v) is 17.0. The van der Waals surface area contributed by atoms with Gasteiger partial charge in [-0.05, 0) is 93.7 Å². The molecular formula is C22H28OS. The van der Waals surface area contributed by atoms with Crippen molar-refractivity contribution in [3.05, 3.63) is 50.1 Å². The second-order valence-corrected chi connectivity index (χ2v) is 8.92. The van der Waals surface area contributed by atoms with Crippen molar-refractivity contribution in [3.63, 3.8) is 0 Å². The van der Waals surface area contributed by atoms with Gasteiger partial charge in [0.2, 0.25) is 0 Å². The molecule has 1 atom stereocenters. The van der Waals surface area contributed by atoms with Crippen LogP contribution in [0.25, 0.3) is 0 Å². The van der Waals surface area contributed by atoms with Crippen molar-refractivity contribution in [1.82, 2.24) is 0 Å². The first-order valence-electron chi connectivity index (χ1n) is 8.52. The van der Waals surface area contributed by atoms with Crippen LogP contribution >= 0.6 is 10.5 Å². The summed E-state index contributed by atoms with van der Waals surface area (Å²) in [4.78, 5) is 1.41. The molecule has 1 aliphatic rings. The molecule has 0 aromatic heterocycles. The predicted molar refractivity (Wildman–Crippen MR) is 108 cm³/mol. The van der Waals surface area contributed by atoms with Crippen molar-refractivity contribution >= 4 is 16.4 Å². The molecule has 0 amide bonds. The lowest BCUT2D eigenvalue weighted by Gasteiger charge is -2.30. The van der Waals surface area contributed by atoms with Crippen LogP contribution in [0.5, 0.6) is 11.5 Å². The number of hydrogen-bond donors (Lipinski definition) is 0. The fourth-order valence-electron chi connectivity index (χ4n) is 4.01. The zero-order valence-electron chi connectivity index (χ0n) is 16.2. The molecule has 0 saturated heterocycles. The van der Waals surface area contributed by atoms with Gasteiger partial charge in [-0.25, -0.2) is 0 Å². The molecule has 0 N–H and O–H groups in total. The zero-order chi connectivity index (χ0) is 17.9. The third-order valence-electron chi connectivity index (χ3n) is 5.97. The maximum absolute atomic E-state index is 6.53. The molecule has 1 heterocycles. The van der Waals surface area contributed by atoms with Gasteiger partial charge >= 0.3 is 0 Å². The SMILES string of the molecule is C=S(C)c1c(C)c(C)c2c(c1C)Cc1c(C)c(C)c(C)c(C)c1O2. The molecule has 1 unspecified atom stereocenters. The van der Waals surface area contributed by atoms with Crippen molar-refractivity contribution in [2.75, 3.05) is 6.26 Å². The molecule has 0 spiro atoms. The summed E-state index contributed by atoms with van der Waals surface area (Å²) in [5.74, 6) is 6.48. The summed E-state index contributed by atoms with van der Waals surface area (Å²) in [6.07, 6.45) is 3.18. The third kappa shape index (κ3) is 2.27. The van der Waals surface area contributed by atoms with Crippen LogP contribution in [-0.4, -0.2) is 12.1 Å². The van der Waals surface area contributed by atoms with Crippen molar-refractivity contribution in [3.8, 4) is 11.5 Å². The molecule has 3 rings (SSSR count). The summed E-state index contributed by atoms with van der Waals surface area (Å²) < 4.78 is 6.53. The maximum Gasteiger partial charge on any atom is 0.134 e. The molecular weight excluding hydrogens is 312 g/mol. The predicted octanol–water partition coefficient (Wildman–Crippen LogP) is 6.23. The monoisotopic (exact) mass is 340 g/mol. The smallest absolute Gasteiger partial charge is 0.134 e. The molecule has 2 aromatic rings. The van der Waals surface area contributed by atoms with Crippen LogP contribution < -0.4 is 4.74 Å². The largest absolute Gasteiger partial charge is 0.456 e. The van der Waals surface area contributed by atoms with Crippen molar-refractivity contribution < 1.29 is 4.74 Å². The van der Waals surface area contributed by atoms with Crippen molar-refractivity contribution in [2.45, 2.75) is 59.8 Å². The van der Waals surface area contributed by atoms with Crippen LogP contribution in [0.4, 0.5) is 0 Å². The molecule has 0 radical (unpaired) electrons. The molecule has 1 nitrogen and oxygen atoms in total. The van der Waals surface area contributed by atoms with Crippen LogP contribution in [0, 0.1) is 48.5 Å². The van der Waals surface area contributed by atoms with Crippen LogP contribution in [-0.2, 0) is 6.42 Å². The first-order chi connectivity index (χ1) is 11.2. The lowest BCUT2D eigenvalue weighted by atomic mass is 9.85. The lowest BCUT2D eigenvalue weighted by Crippen LogP contribution is -2.13. The van der Waals surface area contributed by atoms with E-state index in [1.54, 1.807) is 0 Å². The van der Waals surface area contributed by atoms with E-state index in [4.69, 9.17) is 4.74 Å². The van der Waals surface area contributed by atoms with Crippen molar-refractivity contribution in [1.29, 1.82) is 0 Å². The maximum atomic E-state index is 6.53. The number of fused-ring (bicyclic) bond motifs is 2. The Labute approximate surface area is 149 Å². The summed E-state index contributed by atoms with van der Waals surface area (Å²) in [5.41, 5.74) is 12.1. The minimum absolute atomic E-state index is 0.00841. The van der Waals surface area contributed by atoms with Gasteiger partial charge in [-0.1, -0.05) is 5.87 Å². The highest BCUT2D eigenvalue weighted by Gasteiger charge is 2.28. The minimum atomic E-state index is 0.00841. The molecule has 0 saturated carbocycles. The second-order valence-electron chi connectivity index (χ2n) is 7.24. The van der Waals surface area contributed by atoms with Crippen LogP contribution in [0.1, 0.15) is 50.1 Å². The van der Waals surface area contributed by atoms with E-state index in [-0.39, 0.29) is 10.5 Å². The highest BCUT2D eigenvalue weighted by Crippen LogP contribution is 2.48. The Kier molecular flexibility index (Phi) is 4.16. The van der Waals surface area contributed by atoms with Crippen LogP contribution in [0.3, 0.4) is 0 Å². The van der Waals surface area contributed by atoms with Gasteiger partial charge in [0.15, 0.2) is 0 Å². The summed E-state index contributed by atoms with van der Waals surface area (Å²) in [5, 5.41) is 0. The Hall–Kier alpha value is -1.54. The summed E-state index contributed by atoms with van der Waals surface area (Å²) >= 11 is 0. The quantitative estimate of drug-likeness (QED) is 0.477. The van der Waals surface area contributed by atoms with E-state index >= 15 is 0 Å². The highest BCUT2D eigenvalue weighted by molar-refractivity contribution is 8.13. The van der Waals surface area contributed by atoms with E-state index in [1.807, 2.05) is 0 Å². The fourth-order valence-corrected chi connectivity index (χ4v) is 5.34. The Balaban J connectivity index is 2.33.